The van der Waals surface area contributed by atoms with Crippen LogP contribution in [0.25, 0.3) is 0 Å². The maximum atomic E-state index is 4.49. The molecule has 1 atom stereocenters. The molecule has 0 saturated carbocycles. The van der Waals surface area contributed by atoms with E-state index in [9.17, 15) is 0 Å². The molecule has 0 saturated heterocycles. The van der Waals surface area contributed by atoms with Gasteiger partial charge in [-0.25, -0.2) is 4.98 Å². The van der Waals surface area contributed by atoms with Crippen molar-refractivity contribution in [2.24, 2.45) is 7.05 Å². The standard InChI is InChI=1S/C15H19N5S/c1-11(2)20-10-12(9-17-20)18-14(13-5-4-8-21-13)15-16-6-7-19(15)3/h4-11,14,18H,1-3H3. The summed E-state index contributed by atoms with van der Waals surface area (Å²) >= 11 is 1.73. The first-order chi connectivity index (χ1) is 10.1. The number of hydrogen-bond acceptors (Lipinski definition) is 4. The summed E-state index contributed by atoms with van der Waals surface area (Å²) < 4.78 is 4.00. The van der Waals surface area contributed by atoms with Gasteiger partial charge in [0.1, 0.15) is 11.9 Å². The van der Waals surface area contributed by atoms with Crippen molar-refractivity contribution in [3.8, 4) is 0 Å². The minimum absolute atomic E-state index is 0.0369. The lowest BCUT2D eigenvalue weighted by Crippen LogP contribution is -2.15. The number of aromatic nitrogens is 4. The van der Waals surface area contributed by atoms with E-state index >= 15 is 0 Å². The Labute approximate surface area is 128 Å². The molecular formula is C15H19N5S. The molecule has 0 aromatic carbocycles. The van der Waals surface area contributed by atoms with Crippen molar-refractivity contribution in [2.75, 3.05) is 5.32 Å². The molecule has 110 valence electrons. The van der Waals surface area contributed by atoms with Crippen LogP contribution in [0.4, 0.5) is 5.69 Å². The van der Waals surface area contributed by atoms with Gasteiger partial charge in [0.05, 0.1) is 11.9 Å². The molecule has 5 nitrogen and oxygen atoms in total. The van der Waals surface area contributed by atoms with Gasteiger partial charge in [0, 0.05) is 36.6 Å². The Morgan fingerprint density at radius 3 is 2.76 bits per heavy atom. The fraction of sp³-hybridized carbons (Fsp3) is 0.333. The molecule has 0 aliphatic rings. The second-order valence-corrected chi connectivity index (χ2v) is 6.27. The maximum absolute atomic E-state index is 4.49. The third kappa shape index (κ3) is 2.85. The average molecular weight is 301 g/mol. The largest absolute Gasteiger partial charge is 0.368 e. The lowest BCUT2D eigenvalue weighted by Gasteiger charge is -2.17. The Morgan fingerprint density at radius 2 is 2.19 bits per heavy atom. The number of anilines is 1. The maximum Gasteiger partial charge on any atom is 0.136 e. The summed E-state index contributed by atoms with van der Waals surface area (Å²) in [6, 6.07) is 4.59. The van der Waals surface area contributed by atoms with E-state index in [2.05, 4.69) is 46.8 Å². The molecule has 0 spiro atoms. The van der Waals surface area contributed by atoms with Crippen molar-refractivity contribution in [2.45, 2.75) is 25.9 Å². The normalized spacial score (nSPS) is 12.8. The van der Waals surface area contributed by atoms with Crippen molar-refractivity contribution < 1.29 is 0 Å². The fourth-order valence-corrected chi connectivity index (χ4v) is 3.01. The van der Waals surface area contributed by atoms with Crippen LogP contribution in [0.3, 0.4) is 0 Å². The molecule has 6 heteroatoms. The van der Waals surface area contributed by atoms with Crippen LogP contribution in [-0.4, -0.2) is 19.3 Å². The van der Waals surface area contributed by atoms with E-state index in [0.29, 0.717) is 6.04 Å². The molecule has 3 heterocycles. The fourth-order valence-electron chi connectivity index (χ4n) is 2.24. The molecule has 0 bridgehead atoms. The monoisotopic (exact) mass is 301 g/mol. The summed E-state index contributed by atoms with van der Waals surface area (Å²) in [5.41, 5.74) is 1.00. The van der Waals surface area contributed by atoms with E-state index in [1.54, 1.807) is 11.3 Å². The molecule has 0 amide bonds. The predicted molar refractivity (Wildman–Crippen MR) is 85.6 cm³/mol. The summed E-state index contributed by atoms with van der Waals surface area (Å²) in [7, 11) is 2.02. The van der Waals surface area contributed by atoms with Crippen LogP contribution < -0.4 is 5.32 Å². The van der Waals surface area contributed by atoms with Crippen molar-refractivity contribution in [3.63, 3.8) is 0 Å². The number of hydrogen-bond donors (Lipinski definition) is 1. The van der Waals surface area contributed by atoms with E-state index in [1.165, 1.54) is 4.88 Å². The Bertz CT molecular complexity index is 695. The molecule has 3 aromatic heterocycles. The Hall–Kier alpha value is -2.08. The molecule has 1 unspecified atom stereocenters. The van der Waals surface area contributed by atoms with Crippen molar-refractivity contribution in [1.29, 1.82) is 0 Å². The van der Waals surface area contributed by atoms with Gasteiger partial charge in [-0.05, 0) is 25.3 Å². The SMILES string of the molecule is CC(C)n1cc(NC(c2cccs2)c2nccn2C)cn1. The van der Waals surface area contributed by atoms with Gasteiger partial charge in [-0.15, -0.1) is 11.3 Å². The highest BCUT2D eigenvalue weighted by molar-refractivity contribution is 7.10. The topological polar surface area (TPSA) is 47.7 Å². The van der Waals surface area contributed by atoms with Crippen LogP contribution in [-0.2, 0) is 7.05 Å². The van der Waals surface area contributed by atoms with Gasteiger partial charge in [0.25, 0.3) is 0 Å². The van der Waals surface area contributed by atoms with E-state index in [-0.39, 0.29) is 6.04 Å². The van der Waals surface area contributed by atoms with Crippen LogP contribution in [0.1, 0.15) is 36.6 Å². The second-order valence-electron chi connectivity index (χ2n) is 5.29. The van der Waals surface area contributed by atoms with Crippen molar-refractivity contribution in [1.82, 2.24) is 19.3 Å². The number of nitrogens with zero attached hydrogens (tertiary/aromatic N) is 4. The van der Waals surface area contributed by atoms with Gasteiger partial charge < -0.3 is 9.88 Å². The van der Waals surface area contributed by atoms with E-state index in [4.69, 9.17) is 0 Å². The number of aryl methyl sites for hydroxylation is 1. The summed E-state index contributed by atoms with van der Waals surface area (Å²) in [6.45, 7) is 4.23. The van der Waals surface area contributed by atoms with Crippen LogP contribution in [0.15, 0.2) is 42.3 Å². The summed E-state index contributed by atoms with van der Waals surface area (Å²) in [5, 5.41) is 10.0. The second kappa shape index (κ2) is 5.73. The average Bonchev–Trinajstić information content (AvgIpc) is 3.18. The highest BCUT2D eigenvalue weighted by atomic mass is 32.1. The molecule has 21 heavy (non-hydrogen) atoms. The van der Waals surface area contributed by atoms with Crippen LogP contribution in [0.5, 0.6) is 0 Å². The van der Waals surface area contributed by atoms with Crippen molar-refractivity contribution in [3.05, 3.63) is 53.0 Å². The first-order valence-electron chi connectivity index (χ1n) is 6.96. The molecular weight excluding hydrogens is 282 g/mol. The first kappa shape index (κ1) is 13.9. The minimum Gasteiger partial charge on any atom is -0.368 e. The molecule has 0 fully saturated rings. The Kier molecular flexibility index (Phi) is 3.79. The predicted octanol–water partition coefficient (Wildman–Crippen LogP) is 3.46. The van der Waals surface area contributed by atoms with Gasteiger partial charge in [-0.2, -0.15) is 5.10 Å². The minimum atomic E-state index is 0.0369. The highest BCUT2D eigenvalue weighted by Gasteiger charge is 2.20. The zero-order valence-corrected chi connectivity index (χ0v) is 13.2. The summed E-state index contributed by atoms with van der Waals surface area (Å²) in [6.07, 6.45) is 7.70. The number of rotatable bonds is 5. The van der Waals surface area contributed by atoms with Crippen LogP contribution in [0.2, 0.25) is 0 Å². The Balaban J connectivity index is 1.91. The molecule has 0 aliphatic heterocycles. The quantitative estimate of drug-likeness (QED) is 0.785. The summed E-state index contributed by atoms with van der Waals surface area (Å²) in [4.78, 5) is 5.73. The number of imidazole rings is 1. The smallest absolute Gasteiger partial charge is 0.136 e. The van der Waals surface area contributed by atoms with Crippen molar-refractivity contribution >= 4 is 17.0 Å². The molecule has 3 rings (SSSR count). The third-order valence-electron chi connectivity index (χ3n) is 3.39. The molecule has 1 N–H and O–H groups in total. The lowest BCUT2D eigenvalue weighted by molar-refractivity contribution is 0.532. The van der Waals surface area contributed by atoms with E-state index in [0.717, 1.165) is 11.5 Å². The number of nitrogens with one attached hydrogen (secondary N) is 1. The van der Waals surface area contributed by atoms with E-state index < -0.39 is 0 Å². The van der Waals surface area contributed by atoms with Gasteiger partial charge in [-0.3, -0.25) is 4.68 Å². The Morgan fingerprint density at radius 1 is 1.33 bits per heavy atom. The first-order valence-corrected chi connectivity index (χ1v) is 7.84. The van der Waals surface area contributed by atoms with Gasteiger partial charge in [-0.1, -0.05) is 6.07 Å². The van der Waals surface area contributed by atoms with Gasteiger partial charge in [0.15, 0.2) is 0 Å². The summed E-state index contributed by atoms with van der Waals surface area (Å²) in [5.74, 6) is 0.995. The lowest BCUT2D eigenvalue weighted by atomic mass is 10.2. The van der Waals surface area contributed by atoms with Crippen LogP contribution >= 0.6 is 11.3 Å². The highest BCUT2D eigenvalue weighted by Crippen LogP contribution is 2.28. The molecule has 3 aromatic rings. The van der Waals surface area contributed by atoms with Crippen LogP contribution in [0, 0.1) is 0 Å². The van der Waals surface area contributed by atoms with E-state index in [1.807, 2.05) is 41.1 Å². The number of thiophene rings is 1. The zero-order valence-electron chi connectivity index (χ0n) is 12.4. The van der Waals surface area contributed by atoms with Gasteiger partial charge in [0.2, 0.25) is 0 Å². The molecule has 0 radical (unpaired) electrons. The van der Waals surface area contributed by atoms with Gasteiger partial charge >= 0.3 is 0 Å². The molecule has 0 aliphatic carbocycles. The third-order valence-corrected chi connectivity index (χ3v) is 4.32. The zero-order chi connectivity index (χ0) is 14.8.